The van der Waals surface area contributed by atoms with E-state index in [0.717, 1.165) is 21.1 Å². The van der Waals surface area contributed by atoms with Gasteiger partial charge >= 0.3 is 5.97 Å². The number of carboxylic acid groups (broad SMARTS) is 1. The number of carbonyl (C=O) groups is 2. The zero-order valence-corrected chi connectivity index (χ0v) is 14.1. The molecule has 7 heteroatoms. The van der Waals surface area contributed by atoms with E-state index in [1.807, 2.05) is 36.4 Å². The van der Waals surface area contributed by atoms with Crippen LogP contribution < -0.4 is 15.8 Å². The summed E-state index contributed by atoms with van der Waals surface area (Å²) in [6.07, 6.45) is 0.115. The summed E-state index contributed by atoms with van der Waals surface area (Å²) in [6.45, 7) is 0.275. The van der Waals surface area contributed by atoms with E-state index >= 15 is 0 Å². The van der Waals surface area contributed by atoms with Crippen LogP contribution in [0.15, 0.2) is 48.5 Å². The zero-order chi connectivity index (χ0) is 18.7. The van der Waals surface area contributed by atoms with Gasteiger partial charge in [0.1, 0.15) is 6.04 Å². The molecule has 3 rings (SSSR count). The molecule has 0 fully saturated rings. The number of aromatic nitrogens is 1. The van der Waals surface area contributed by atoms with Gasteiger partial charge in [-0.1, -0.05) is 24.3 Å². The Hall–Kier alpha value is -3.19. The summed E-state index contributed by atoms with van der Waals surface area (Å²) in [7, 11) is 0. The van der Waals surface area contributed by atoms with Crippen molar-refractivity contribution in [1.29, 1.82) is 0 Å². The van der Waals surface area contributed by atoms with Crippen molar-refractivity contribution in [3.05, 3.63) is 54.1 Å². The van der Waals surface area contributed by atoms with Crippen LogP contribution in [0.2, 0.25) is 0 Å². The second-order valence-corrected chi connectivity index (χ2v) is 6.10. The van der Waals surface area contributed by atoms with Crippen molar-refractivity contribution in [2.45, 2.75) is 25.4 Å². The predicted octanol–water partition coefficient (Wildman–Crippen LogP) is 1.33. The summed E-state index contributed by atoms with van der Waals surface area (Å²) in [5.74, 6) is -1.57. The number of fused-ring (bicyclic) bond motifs is 2. The van der Waals surface area contributed by atoms with E-state index in [2.05, 4.69) is 5.32 Å². The quantitative estimate of drug-likeness (QED) is 0.290. The molecule has 0 aliphatic heterocycles. The molecule has 3 aromatic rings. The SMILES string of the molecule is NC(=O)CCC(NCc1c2ccccc2[n+](O)c2ccccc12)C(=O)O. The molecule has 0 saturated carbocycles. The maximum Gasteiger partial charge on any atom is 0.320 e. The molecule has 0 bridgehead atoms. The Kier molecular flexibility index (Phi) is 4.99. The molecule has 1 amide bonds. The Morgan fingerprint density at radius 3 is 2.08 bits per heavy atom. The lowest BCUT2D eigenvalue weighted by Gasteiger charge is -2.15. The first-order chi connectivity index (χ1) is 12.5. The third-order valence-corrected chi connectivity index (χ3v) is 4.42. The molecule has 1 aromatic heterocycles. The number of rotatable bonds is 7. The van der Waals surface area contributed by atoms with Crippen LogP contribution in [0.1, 0.15) is 18.4 Å². The first-order valence-electron chi connectivity index (χ1n) is 8.27. The molecular formula is C19H20N3O4+. The third-order valence-electron chi connectivity index (χ3n) is 4.42. The van der Waals surface area contributed by atoms with Gasteiger partial charge in [0, 0.05) is 29.8 Å². The van der Waals surface area contributed by atoms with E-state index in [4.69, 9.17) is 5.73 Å². The Morgan fingerprint density at radius 1 is 1.04 bits per heavy atom. The minimum atomic E-state index is -1.03. The first-order valence-corrected chi connectivity index (χ1v) is 8.27. The number of hydrogen-bond acceptors (Lipinski definition) is 4. The van der Waals surface area contributed by atoms with Crippen molar-refractivity contribution in [2.24, 2.45) is 5.73 Å². The molecule has 0 saturated heterocycles. The molecule has 7 nitrogen and oxygen atoms in total. The second kappa shape index (κ2) is 7.37. The number of aliphatic carboxylic acids is 1. The summed E-state index contributed by atoms with van der Waals surface area (Å²) in [6, 6.07) is 13.9. The highest BCUT2D eigenvalue weighted by molar-refractivity contribution is 5.93. The standard InChI is InChI=1S/C19H19N3O4/c20-18(23)10-9-15(19(24)25)21-11-14-12-5-1-3-7-16(12)22(26)17-8-4-2-6-13(14)17/h1-8,15,21H,9-11H2,(H3-,20,23,24,25,26)/p+1. The largest absolute Gasteiger partial charge is 0.480 e. The van der Waals surface area contributed by atoms with Crippen molar-refractivity contribution in [1.82, 2.24) is 5.32 Å². The molecule has 2 aromatic carbocycles. The number of carbonyl (C=O) groups excluding carboxylic acids is 1. The van der Waals surface area contributed by atoms with Crippen molar-refractivity contribution in [3.63, 3.8) is 0 Å². The molecule has 0 aliphatic rings. The van der Waals surface area contributed by atoms with Gasteiger partial charge in [-0.15, -0.1) is 0 Å². The van der Waals surface area contributed by atoms with Gasteiger partial charge in [0.25, 0.3) is 11.0 Å². The minimum absolute atomic E-state index is 0.00308. The number of nitrogens with one attached hydrogen (secondary N) is 1. The van der Waals surface area contributed by atoms with Gasteiger partial charge in [-0.05, 0) is 24.1 Å². The van der Waals surface area contributed by atoms with Crippen molar-refractivity contribution in [3.8, 4) is 0 Å². The lowest BCUT2D eigenvalue weighted by atomic mass is 10.0. The van der Waals surface area contributed by atoms with Gasteiger partial charge in [0.2, 0.25) is 5.91 Å². The van der Waals surface area contributed by atoms with Crippen molar-refractivity contribution >= 4 is 33.7 Å². The van der Waals surface area contributed by atoms with Crippen LogP contribution in [0.25, 0.3) is 21.8 Å². The predicted molar refractivity (Wildman–Crippen MR) is 95.5 cm³/mol. The van der Waals surface area contributed by atoms with Gasteiger partial charge < -0.3 is 16.2 Å². The summed E-state index contributed by atoms with van der Waals surface area (Å²) in [4.78, 5) is 22.4. The average Bonchev–Trinajstić information content (AvgIpc) is 2.63. The molecule has 0 spiro atoms. The van der Waals surface area contributed by atoms with Crippen LogP contribution in [-0.2, 0) is 16.1 Å². The number of carboxylic acids is 1. The molecule has 1 heterocycles. The minimum Gasteiger partial charge on any atom is -0.480 e. The van der Waals surface area contributed by atoms with E-state index in [1.54, 1.807) is 12.1 Å². The van der Waals surface area contributed by atoms with Crippen LogP contribution in [0.4, 0.5) is 0 Å². The van der Waals surface area contributed by atoms with E-state index in [-0.39, 0.29) is 19.4 Å². The monoisotopic (exact) mass is 354 g/mol. The van der Waals surface area contributed by atoms with Crippen LogP contribution in [-0.4, -0.2) is 28.2 Å². The molecule has 1 atom stereocenters. The zero-order valence-electron chi connectivity index (χ0n) is 14.1. The summed E-state index contributed by atoms with van der Waals surface area (Å²) in [5.41, 5.74) is 7.27. The van der Waals surface area contributed by atoms with Gasteiger partial charge in [0.15, 0.2) is 0 Å². The summed E-state index contributed by atoms with van der Waals surface area (Å²) >= 11 is 0. The summed E-state index contributed by atoms with van der Waals surface area (Å²) in [5, 5.41) is 24.5. The van der Waals surface area contributed by atoms with Gasteiger partial charge in [-0.3, -0.25) is 14.8 Å². The fourth-order valence-corrected chi connectivity index (χ4v) is 3.12. The Labute approximate surface area is 149 Å². The van der Waals surface area contributed by atoms with Crippen molar-refractivity contribution < 1.29 is 24.6 Å². The number of hydrogen-bond donors (Lipinski definition) is 4. The number of para-hydroxylation sites is 2. The number of amides is 1. The number of nitrogens with two attached hydrogens (primary N) is 1. The van der Waals surface area contributed by atoms with E-state index < -0.39 is 17.9 Å². The third kappa shape index (κ3) is 3.43. The van der Waals surface area contributed by atoms with Gasteiger partial charge in [-0.25, -0.2) is 0 Å². The fraction of sp³-hybridized carbons (Fsp3) is 0.211. The Bertz CT molecular complexity index is 930. The molecule has 0 aliphatic carbocycles. The average molecular weight is 354 g/mol. The van der Waals surface area contributed by atoms with Crippen LogP contribution in [0.3, 0.4) is 0 Å². The smallest absolute Gasteiger partial charge is 0.320 e. The summed E-state index contributed by atoms with van der Waals surface area (Å²) < 4.78 is 1.13. The van der Waals surface area contributed by atoms with E-state index in [0.29, 0.717) is 11.0 Å². The molecular weight excluding hydrogens is 334 g/mol. The molecule has 5 N–H and O–H groups in total. The Morgan fingerprint density at radius 2 is 1.58 bits per heavy atom. The van der Waals surface area contributed by atoms with Crippen LogP contribution in [0.5, 0.6) is 0 Å². The highest BCUT2D eigenvalue weighted by atomic mass is 16.5. The number of pyridine rings is 1. The normalized spacial score (nSPS) is 12.3. The second-order valence-electron chi connectivity index (χ2n) is 6.10. The Balaban J connectivity index is 2.01. The topological polar surface area (TPSA) is 117 Å². The van der Waals surface area contributed by atoms with Gasteiger partial charge in [0.05, 0.1) is 10.8 Å². The highest BCUT2D eigenvalue weighted by Crippen LogP contribution is 2.24. The van der Waals surface area contributed by atoms with E-state index in [1.165, 1.54) is 0 Å². The molecule has 1 unspecified atom stereocenters. The molecule has 0 radical (unpaired) electrons. The lowest BCUT2D eigenvalue weighted by Crippen LogP contribution is -2.38. The van der Waals surface area contributed by atoms with Crippen LogP contribution in [0, 0.1) is 0 Å². The lowest BCUT2D eigenvalue weighted by molar-refractivity contribution is -0.864. The molecule has 26 heavy (non-hydrogen) atoms. The van der Waals surface area contributed by atoms with Crippen LogP contribution >= 0.6 is 0 Å². The molecule has 134 valence electrons. The van der Waals surface area contributed by atoms with Gasteiger partial charge in [-0.2, -0.15) is 0 Å². The number of nitrogens with zero attached hydrogens (tertiary/aromatic N) is 1. The highest BCUT2D eigenvalue weighted by Gasteiger charge is 2.22. The fourth-order valence-electron chi connectivity index (χ4n) is 3.12. The van der Waals surface area contributed by atoms with Crippen molar-refractivity contribution in [2.75, 3.05) is 0 Å². The number of benzene rings is 2. The maximum absolute atomic E-state index is 11.5. The van der Waals surface area contributed by atoms with E-state index in [9.17, 15) is 19.9 Å². The maximum atomic E-state index is 11.5. The number of primary amides is 1. The first kappa shape index (κ1) is 17.6.